The zero-order chi connectivity index (χ0) is 16.7. The molecule has 6 heteroatoms. The maximum absolute atomic E-state index is 12.0. The van der Waals surface area contributed by atoms with Crippen LogP contribution in [0.25, 0.3) is 5.69 Å². The predicted octanol–water partition coefficient (Wildman–Crippen LogP) is 2.22. The molecular weight excluding hydrogens is 292 g/mol. The van der Waals surface area contributed by atoms with Crippen LogP contribution in [0.15, 0.2) is 42.7 Å². The molecule has 0 saturated heterocycles. The summed E-state index contributed by atoms with van der Waals surface area (Å²) in [7, 11) is 0. The van der Waals surface area contributed by atoms with Crippen LogP contribution in [0, 0.1) is 0 Å². The fraction of sp³-hybridized carbons (Fsp3) is 0.412. The fourth-order valence-electron chi connectivity index (χ4n) is 2.25. The fourth-order valence-corrected chi connectivity index (χ4v) is 2.25. The van der Waals surface area contributed by atoms with Gasteiger partial charge in [0, 0.05) is 30.5 Å². The van der Waals surface area contributed by atoms with Crippen molar-refractivity contribution in [1.29, 1.82) is 0 Å². The van der Waals surface area contributed by atoms with Crippen molar-refractivity contribution in [2.75, 3.05) is 6.61 Å². The number of para-hydroxylation sites is 1. The van der Waals surface area contributed by atoms with Crippen molar-refractivity contribution >= 4 is 6.03 Å². The lowest BCUT2D eigenvalue weighted by molar-refractivity contribution is 0.200. The first-order valence-corrected chi connectivity index (χ1v) is 7.82. The Morgan fingerprint density at radius 3 is 2.74 bits per heavy atom. The second-order valence-corrected chi connectivity index (χ2v) is 5.82. The van der Waals surface area contributed by atoms with E-state index in [0.29, 0.717) is 13.0 Å². The number of hydrogen-bond donors (Lipinski definition) is 3. The Morgan fingerprint density at radius 2 is 2.09 bits per heavy atom. The topological polar surface area (TPSA) is 79.2 Å². The minimum atomic E-state index is -0.396. The molecule has 0 aliphatic carbocycles. The Labute approximate surface area is 136 Å². The van der Waals surface area contributed by atoms with E-state index in [0.717, 1.165) is 17.7 Å². The molecule has 124 valence electrons. The zero-order valence-corrected chi connectivity index (χ0v) is 13.6. The molecule has 1 aromatic carbocycles. The van der Waals surface area contributed by atoms with Crippen LogP contribution in [0.2, 0.25) is 0 Å². The van der Waals surface area contributed by atoms with Crippen LogP contribution in [0.1, 0.15) is 32.3 Å². The lowest BCUT2D eigenvalue weighted by atomic mass is 9.95. The number of carbonyl (C=O) groups excluding carboxylic acids is 1. The Balaban J connectivity index is 1.89. The van der Waals surface area contributed by atoms with Crippen molar-refractivity contribution in [3.8, 4) is 5.69 Å². The Bertz CT molecular complexity index is 627. The minimum Gasteiger partial charge on any atom is -0.396 e. The summed E-state index contributed by atoms with van der Waals surface area (Å²) in [6, 6.07) is 9.56. The van der Waals surface area contributed by atoms with Gasteiger partial charge in [0.15, 0.2) is 0 Å². The molecule has 2 rings (SSSR count). The van der Waals surface area contributed by atoms with Crippen LogP contribution in [0.3, 0.4) is 0 Å². The summed E-state index contributed by atoms with van der Waals surface area (Å²) in [5.41, 5.74) is 1.50. The number of benzene rings is 1. The van der Waals surface area contributed by atoms with Gasteiger partial charge in [0.2, 0.25) is 0 Å². The summed E-state index contributed by atoms with van der Waals surface area (Å²) >= 11 is 0. The molecule has 2 amide bonds. The van der Waals surface area contributed by atoms with Gasteiger partial charge in [-0.15, -0.1) is 0 Å². The molecule has 6 nitrogen and oxygen atoms in total. The molecular formula is C17H24N4O2. The highest BCUT2D eigenvalue weighted by atomic mass is 16.3. The van der Waals surface area contributed by atoms with E-state index < -0.39 is 5.54 Å². The summed E-state index contributed by atoms with van der Waals surface area (Å²) in [5, 5.41) is 19.1. The SMILES string of the molecule is CCC(C)(CCO)NC(=O)NCc1cnn(-c2ccccc2)c1. The lowest BCUT2D eigenvalue weighted by Gasteiger charge is -2.28. The third-order valence-electron chi connectivity index (χ3n) is 3.97. The maximum atomic E-state index is 12.0. The van der Waals surface area contributed by atoms with E-state index in [9.17, 15) is 4.79 Å². The Hall–Kier alpha value is -2.34. The lowest BCUT2D eigenvalue weighted by Crippen LogP contribution is -2.50. The smallest absolute Gasteiger partial charge is 0.315 e. The van der Waals surface area contributed by atoms with E-state index >= 15 is 0 Å². The number of nitrogens with zero attached hydrogens (tertiary/aromatic N) is 2. The second-order valence-electron chi connectivity index (χ2n) is 5.82. The number of hydrogen-bond acceptors (Lipinski definition) is 3. The molecule has 23 heavy (non-hydrogen) atoms. The van der Waals surface area contributed by atoms with Gasteiger partial charge in [-0.3, -0.25) is 0 Å². The van der Waals surface area contributed by atoms with Gasteiger partial charge in [-0.1, -0.05) is 25.1 Å². The largest absolute Gasteiger partial charge is 0.396 e. The van der Waals surface area contributed by atoms with Crippen molar-refractivity contribution in [3.05, 3.63) is 48.3 Å². The summed E-state index contributed by atoms with van der Waals surface area (Å²) in [6.07, 6.45) is 4.91. The molecule has 1 aromatic heterocycles. The predicted molar refractivity (Wildman–Crippen MR) is 89.3 cm³/mol. The number of rotatable bonds is 7. The summed E-state index contributed by atoms with van der Waals surface area (Å²) < 4.78 is 1.77. The molecule has 0 saturated carbocycles. The molecule has 3 N–H and O–H groups in total. The molecule has 0 bridgehead atoms. The first-order valence-electron chi connectivity index (χ1n) is 7.82. The number of aliphatic hydroxyl groups excluding tert-OH is 1. The average molecular weight is 316 g/mol. The van der Waals surface area contributed by atoms with E-state index in [4.69, 9.17) is 5.11 Å². The van der Waals surface area contributed by atoms with E-state index in [1.54, 1.807) is 10.9 Å². The van der Waals surface area contributed by atoms with Crippen molar-refractivity contribution in [3.63, 3.8) is 0 Å². The normalized spacial score (nSPS) is 13.3. The van der Waals surface area contributed by atoms with Crippen LogP contribution in [0.4, 0.5) is 4.79 Å². The monoisotopic (exact) mass is 316 g/mol. The molecule has 0 fully saturated rings. The summed E-state index contributed by atoms with van der Waals surface area (Å²) in [4.78, 5) is 12.0. The zero-order valence-electron chi connectivity index (χ0n) is 13.6. The highest BCUT2D eigenvalue weighted by molar-refractivity contribution is 5.74. The highest BCUT2D eigenvalue weighted by Gasteiger charge is 2.23. The molecule has 1 heterocycles. The molecule has 0 aliphatic rings. The van der Waals surface area contributed by atoms with E-state index in [1.165, 1.54) is 0 Å². The number of carbonyl (C=O) groups is 1. The summed E-state index contributed by atoms with van der Waals surface area (Å²) in [6.45, 7) is 4.36. The number of urea groups is 1. The maximum Gasteiger partial charge on any atom is 0.315 e. The number of aliphatic hydroxyl groups is 1. The molecule has 0 spiro atoms. The van der Waals surface area contributed by atoms with Gasteiger partial charge >= 0.3 is 6.03 Å². The summed E-state index contributed by atoms with van der Waals surface area (Å²) in [5.74, 6) is 0. The first-order chi connectivity index (χ1) is 11.1. The number of amides is 2. The van der Waals surface area contributed by atoms with E-state index in [1.807, 2.05) is 50.4 Å². The van der Waals surface area contributed by atoms with E-state index in [-0.39, 0.29) is 12.6 Å². The third kappa shape index (κ3) is 4.82. The van der Waals surface area contributed by atoms with Gasteiger partial charge in [0.25, 0.3) is 0 Å². The first kappa shape index (κ1) is 17.0. The van der Waals surface area contributed by atoms with Gasteiger partial charge < -0.3 is 15.7 Å². The van der Waals surface area contributed by atoms with Gasteiger partial charge in [-0.05, 0) is 31.9 Å². The van der Waals surface area contributed by atoms with Crippen molar-refractivity contribution in [2.45, 2.75) is 38.8 Å². The number of nitrogens with one attached hydrogen (secondary N) is 2. The van der Waals surface area contributed by atoms with Gasteiger partial charge in [0.1, 0.15) is 0 Å². The van der Waals surface area contributed by atoms with Gasteiger partial charge in [-0.25, -0.2) is 9.48 Å². The second kappa shape index (κ2) is 7.78. The van der Waals surface area contributed by atoms with Crippen molar-refractivity contribution in [1.82, 2.24) is 20.4 Å². The van der Waals surface area contributed by atoms with Gasteiger partial charge in [0.05, 0.1) is 11.9 Å². The van der Waals surface area contributed by atoms with Crippen LogP contribution >= 0.6 is 0 Å². The van der Waals surface area contributed by atoms with Gasteiger partial charge in [-0.2, -0.15) is 5.10 Å². The van der Waals surface area contributed by atoms with Crippen LogP contribution < -0.4 is 10.6 Å². The van der Waals surface area contributed by atoms with Crippen molar-refractivity contribution in [2.24, 2.45) is 0 Å². The Morgan fingerprint density at radius 1 is 1.35 bits per heavy atom. The molecule has 0 radical (unpaired) electrons. The molecule has 0 aliphatic heterocycles. The third-order valence-corrected chi connectivity index (χ3v) is 3.97. The van der Waals surface area contributed by atoms with E-state index in [2.05, 4.69) is 15.7 Å². The standard InChI is InChI=1S/C17H24N4O2/c1-3-17(2,9-10-22)20-16(23)18-11-14-12-19-21(13-14)15-7-5-4-6-8-15/h4-8,12-13,22H,3,9-11H2,1-2H3,(H2,18,20,23). The highest BCUT2D eigenvalue weighted by Crippen LogP contribution is 2.13. The van der Waals surface area contributed by atoms with Crippen LogP contribution in [0.5, 0.6) is 0 Å². The molecule has 2 aromatic rings. The Kier molecular flexibility index (Phi) is 5.76. The number of aromatic nitrogens is 2. The quantitative estimate of drug-likeness (QED) is 0.733. The van der Waals surface area contributed by atoms with Crippen LogP contribution in [-0.4, -0.2) is 33.1 Å². The molecule has 1 atom stereocenters. The minimum absolute atomic E-state index is 0.0501. The van der Waals surface area contributed by atoms with Crippen LogP contribution in [-0.2, 0) is 6.54 Å². The average Bonchev–Trinajstić information content (AvgIpc) is 3.03. The molecule has 1 unspecified atom stereocenters. The van der Waals surface area contributed by atoms with Crippen molar-refractivity contribution < 1.29 is 9.90 Å².